The largest absolute Gasteiger partial charge is 0.349 e. The molecule has 2 heterocycles. The van der Waals surface area contributed by atoms with Gasteiger partial charge in [0.1, 0.15) is 18.1 Å². The molecule has 2 aromatic heterocycles. The molecule has 0 fully saturated rings. The molecule has 1 N–H and O–H groups in total. The molecule has 0 saturated heterocycles. The number of aromatic nitrogens is 4. The van der Waals surface area contributed by atoms with Crippen LogP contribution >= 0.6 is 11.6 Å². The summed E-state index contributed by atoms with van der Waals surface area (Å²) < 4.78 is 1.52. The van der Waals surface area contributed by atoms with E-state index in [2.05, 4.69) is 20.6 Å². The number of amides is 2. The normalized spacial score (nSPS) is 12.3. The summed E-state index contributed by atoms with van der Waals surface area (Å²) in [5.74, 6) is -0.700. The second-order valence-electron chi connectivity index (χ2n) is 8.87. The molecule has 35 heavy (non-hydrogen) atoms. The molecular formula is C26H27ClN6O2. The predicted molar refractivity (Wildman–Crippen MR) is 136 cm³/mol. The number of para-hydroxylation sites is 2. The van der Waals surface area contributed by atoms with Crippen molar-refractivity contribution in [3.63, 3.8) is 0 Å². The van der Waals surface area contributed by atoms with Gasteiger partial charge in [0.2, 0.25) is 11.8 Å². The van der Waals surface area contributed by atoms with Crippen LogP contribution in [0.1, 0.15) is 38.8 Å². The van der Waals surface area contributed by atoms with Crippen molar-refractivity contribution in [2.75, 3.05) is 4.90 Å². The Morgan fingerprint density at radius 3 is 2.54 bits per heavy atom. The third kappa shape index (κ3) is 5.33. The number of carbonyl (C=O) groups is 2. The first-order valence-electron chi connectivity index (χ1n) is 11.4. The Morgan fingerprint density at radius 1 is 1.09 bits per heavy atom. The van der Waals surface area contributed by atoms with Crippen molar-refractivity contribution in [2.24, 2.45) is 0 Å². The Kier molecular flexibility index (Phi) is 7.12. The Morgan fingerprint density at radius 2 is 1.83 bits per heavy atom. The van der Waals surface area contributed by atoms with Crippen LogP contribution in [0.15, 0.2) is 73.1 Å². The van der Waals surface area contributed by atoms with E-state index in [9.17, 15) is 9.59 Å². The summed E-state index contributed by atoms with van der Waals surface area (Å²) in [4.78, 5) is 33.3. The summed E-state index contributed by atoms with van der Waals surface area (Å²) in [7, 11) is 0. The van der Waals surface area contributed by atoms with E-state index in [0.29, 0.717) is 28.2 Å². The van der Waals surface area contributed by atoms with Crippen LogP contribution in [0.5, 0.6) is 0 Å². The summed E-state index contributed by atoms with van der Waals surface area (Å²) >= 11 is 6.56. The first-order valence-corrected chi connectivity index (χ1v) is 11.8. The number of nitrogens with zero attached hydrogens (tertiary/aromatic N) is 5. The zero-order valence-corrected chi connectivity index (χ0v) is 20.6. The van der Waals surface area contributed by atoms with Crippen LogP contribution < -0.4 is 10.2 Å². The third-order valence-electron chi connectivity index (χ3n) is 5.94. The molecule has 0 aliphatic carbocycles. The lowest BCUT2D eigenvalue weighted by molar-refractivity contribution is -0.128. The average Bonchev–Trinajstić information content (AvgIpc) is 3.26. The molecule has 9 heteroatoms. The third-order valence-corrected chi connectivity index (χ3v) is 6.26. The van der Waals surface area contributed by atoms with Gasteiger partial charge in [-0.3, -0.25) is 19.5 Å². The number of hydrogen-bond acceptors (Lipinski definition) is 5. The van der Waals surface area contributed by atoms with E-state index in [1.165, 1.54) is 9.58 Å². The second kappa shape index (κ2) is 10.2. The van der Waals surface area contributed by atoms with Crippen LogP contribution in [0.3, 0.4) is 0 Å². The quantitative estimate of drug-likeness (QED) is 0.391. The number of benzene rings is 2. The molecular weight excluding hydrogens is 464 g/mol. The van der Waals surface area contributed by atoms with Gasteiger partial charge in [-0.2, -0.15) is 0 Å². The highest BCUT2D eigenvalue weighted by atomic mass is 35.5. The van der Waals surface area contributed by atoms with Gasteiger partial charge in [0.25, 0.3) is 0 Å². The number of pyridine rings is 1. The van der Waals surface area contributed by atoms with Crippen molar-refractivity contribution in [1.29, 1.82) is 0 Å². The van der Waals surface area contributed by atoms with E-state index in [4.69, 9.17) is 11.6 Å². The van der Waals surface area contributed by atoms with E-state index in [1.807, 2.05) is 45.0 Å². The monoisotopic (exact) mass is 490 g/mol. The lowest BCUT2D eigenvalue weighted by atomic mass is 9.99. The lowest BCUT2D eigenvalue weighted by Gasteiger charge is -2.34. The van der Waals surface area contributed by atoms with Gasteiger partial charge < -0.3 is 5.32 Å². The number of rotatable bonds is 8. The van der Waals surface area contributed by atoms with Crippen LogP contribution in [0.4, 0.5) is 5.69 Å². The number of carbonyl (C=O) groups excluding carboxylic acids is 2. The molecule has 0 bridgehead atoms. The summed E-state index contributed by atoms with van der Waals surface area (Å²) in [6.45, 7) is 5.74. The summed E-state index contributed by atoms with van der Waals surface area (Å²) in [6.07, 6.45) is 3.92. The zero-order chi connectivity index (χ0) is 25.0. The zero-order valence-electron chi connectivity index (χ0n) is 19.9. The van der Waals surface area contributed by atoms with Crippen molar-refractivity contribution < 1.29 is 9.59 Å². The summed E-state index contributed by atoms with van der Waals surface area (Å²) in [5, 5.41) is 11.7. The molecule has 1 atom stereocenters. The number of nitrogens with one attached hydrogen (secondary N) is 1. The minimum absolute atomic E-state index is 0.132. The molecule has 8 nitrogen and oxygen atoms in total. The fourth-order valence-electron chi connectivity index (χ4n) is 3.75. The van der Waals surface area contributed by atoms with Crippen LogP contribution in [-0.2, 0) is 16.1 Å². The minimum Gasteiger partial charge on any atom is -0.349 e. The van der Waals surface area contributed by atoms with Gasteiger partial charge >= 0.3 is 0 Å². The molecule has 4 rings (SSSR count). The number of fused-ring (bicyclic) bond motifs is 1. The van der Waals surface area contributed by atoms with Crippen LogP contribution in [0.25, 0.3) is 11.0 Å². The SMILES string of the molecule is CCC(C)(C)NC(=O)C(c1cccnc1)N(C(=O)Cn1nnc2ccccc21)c1ccccc1Cl. The average molecular weight is 491 g/mol. The smallest absolute Gasteiger partial charge is 0.249 e. The standard InChI is InChI=1S/C26H27ClN6O2/c1-4-26(2,3)29-25(35)24(18-10-9-15-28-16-18)33(21-13-7-5-11-19(21)27)23(34)17-32-22-14-8-6-12-20(22)30-31-32/h5-16,24H,4,17H2,1-3H3,(H,29,35). The van der Waals surface area contributed by atoms with Gasteiger partial charge in [-0.1, -0.05) is 54.1 Å². The molecule has 0 aliphatic heterocycles. The maximum absolute atomic E-state index is 13.9. The van der Waals surface area contributed by atoms with Gasteiger partial charge in [-0.15, -0.1) is 5.10 Å². The van der Waals surface area contributed by atoms with Gasteiger partial charge in [-0.05, 0) is 50.6 Å². The van der Waals surface area contributed by atoms with E-state index in [1.54, 1.807) is 48.8 Å². The van der Waals surface area contributed by atoms with Crippen molar-refractivity contribution >= 4 is 40.1 Å². The summed E-state index contributed by atoms with van der Waals surface area (Å²) in [5.41, 5.74) is 1.90. The highest BCUT2D eigenvalue weighted by Gasteiger charge is 2.36. The summed E-state index contributed by atoms with van der Waals surface area (Å²) in [6, 6.07) is 16.9. The molecule has 0 aliphatic rings. The lowest BCUT2D eigenvalue weighted by Crippen LogP contribution is -2.51. The van der Waals surface area contributed by atoms with Gasteiger partial charge in [0, 0.05) is 23.5 Å². The van der Waals surface area contributed by atoms with E-state index in [0.717, 1.165) is 5.52 Å². The topological polar surface area (TPSA) is 93.0 Å². The van der Waals surface area contributed by atoms with Crippen molar-refractivity contribution in [3.05, 3.63) is 83.6 Å². The van der Waals surface area contributed by atoms with E-state index >= 15 is 0 Å². The van der Waals surface area contributed by atoms with Gasteiger partial charge in [-0.25, -0.2) is 4.68 Å². The van der Waals surface area contributed by atoms with Crippen LogP contribution in [0, 0.1) is 0 Å². The Hall–Kier alpha value is -3.78. The Bertz CT molecular complexity index is 1340. The van der Waals surface area contributed by atoms with E-state index < -0.39 is 11.6 Å². The van der Waals surface area contributed by atoms with Crippen molar-refractivity contribution in [2.45, 2.75) is 45.3 Å². The molecule has 2 aromatic carbocycles. The molecule has 1 unspecified atom stereocenters. The predicted octanol–water partition coefficient (Wildman–Crippen LogP) is 4.56. The molecule has 180 valence electrons. The maximum Gasteiger partial charge on any atom is 0.249 e. The molecule has 0 radical (unpaired) electrons. The van der Waals surface area contributed by atoms with E-state index in [-0.39, 0.29) is 18.4 Å². The second-order valence-corrected chi connectivity index (χ2v) is 9.27. The minimum atomic E-state index is -1.00. The number of hydrogen-bond donors (Lipinski definition) is 1. The molecule has 4 aromatic rings. The van der Waals surface area contributed by atoms with Gasteiger partial charge in [0.05, 0.1) is 16.2 Å². The first kappa shape index (κ1) is 24.3. The van der Waals surface area contributed by atoms with Crippen molar-refractivity contribution in [1.82, 2.24) is 25.3 Å². The van der Waals surface area contributed by atoms with Crippen molar-refractivity contribution in [3.8, 4) is 0 Å². The highest BCUT2D eigenvalue weighted by molar-refractivity contribution is 6.34. The van der Waals surface area contributed by atoms with Crippen LogP contribution in [0.2, 0.25) is 5.02 Å². The van der Waals surface area contributed by atoms with Crippen LogP contribution in [-0.4, -0.2) is 37.3 Å². The maximum atomic E-state index is 13.9. The highest BCUT2D eigenvalue weighted by Crippen LogP contribution is 2.34. The van der Waals surface area contributed by atoms with Gasteiger partial charge in [0.15, 0.2) is 0 Å². The molecule has 0 spiro atoms. The number of anilines is 1. The first-order chi connectivity index (χ1) is 16.8. The molecule has 0 saturated carbocycles. The fourth-order valence-corrected chi connectivity index (χ4v) is 3.98. The fraction of sp³-hybridized carbons (Fsp3) is 0.269. The Balaban J connectivity index is 1.82. The number of halogens is 1. The molecule has 2 amide bonds. The Labute approximate surface area is 208 Å².